The lowest BCUT2D eigenvalue weighted by atomic mass is 10.4. The number of rotatable bonds is 8. The number of aliphatic hydroxyl groups is 1. The maximum Gasteiger partial charge on any atom is 0.300 e. The Morgan fingerprint density at radius 2 is 1.44 bits per heavy atom. The molecular weight excluding hydrogens is 240 g/mol. The van der Waals surface area contributed by atoms with E-state index in [1.807, 2.05) is 20.8 Å². The second kappa shape index (κ2) is 12.8. The fourth-order valence-corrected chi connectivity index (χ4v) is 0.768. The van der Waals surface area contributed by atoms with Crippen LogP contribution in [0.3, 0.4) is 0 Å². The van der Waals surface area contributed by atoms with Gasteiger partial charge in [0.25, 0.3) is 5.97 Å². The molecular formula is C12H26O6. The van der Waals surface area contributed by atoms with Crippen molar-refractivity contribution in [2.75, 3.05) is 26.9 Å². The van der Waals surface area contributed by atoms with Crippen molar-refractivity contribution in [2.45, 2.75) is 46.0 Å². The normalized spacial score (nSPS) is 15.2. The van der Waals surface area contributed by atoms with Gasteiger partial charge in [0.1, 0.15) is 0 Å². The average molecular weight is 266 g/mol. The van der Waals surface area contributed by atoms with Gasteiger partial charge in [0.05, 0.1) is 38.1 Å². The summed E-state index contributed by atoms with van der Waals surface area (Å²) in [6.45, 7) is 7.90. The number of methoxy groups -OCH3 is 1. The third-order valence-electron chi connectivity index (χ3n) is 1.89. The van der Waals surface area contributed by atoms with Gasteiger partial charge in [-0.1, -0.05) is 0 Å². The molecule has 3 unspecified atom stereocenters. The lowest BCUT2D eigenvalue weighted by Gasteiger charge is -2.18. The van der Waals surface area contributed by atoms with Crippen LogP contribution in [0.15, 0.2) is 0 Å². The van der Waals surface area contributed by atoms with Crippen molar-refractivity contribution in [2.24, 2.45) is 0 Å². The summed E-state index contributed by atoms with van der Waals surface area (Å²) in [5, 5.41) is 16.1. The number of carbonyl (C=O) groups is 1. The third-order valence-corrected chi connectivity index (χ3v) is 1.89. The molecule has 0 spiro atoms. The van der Waals surface area contributed by atoms with Gasteiger partial charge in [-0.2, -0.15) is 0 Å². The largest absolute Gasteiger partial charge is 0.481 e. The molecule has 6 nitrogen and oxygen atoms in total. The maximum atomic E-state index is 9.00. The molecule has 0 saturated carbocycles. The van der Waals surface area contributed by atoms with E-state index < -0.39 is 5.97 Å². The zero-order chi connectivity index (χ0) is 14.6. The molecule has 6 heteroatoms. The highest BCUT2D eigenvalue weighted by Crippen LogP contribution is 1.98. The van der Waals surface area contributed by atoms with Crippen molar-refractivity contribution in [1.82, 2.24) is 0 Å². The van der Waals surface area contributed by atoms with E-state index in [2.05, 4.69) is 0 Å². The fraction of sp³-hybridized carbons (Fsp3) is 0.917. The molecule has 0 bridgehead atoms. The molecule has 3 atom stereocenters. The molecule has 0 aromatic heterocycles. The maximum absolute atomic E-state index is 9.00. The predicted molar refractivity (Wildman–Crippen MR) is 67.7 cm³/mol. The van der Waals surface area contributed by atoms with E-state index in [9.17, 15) is 0 Å². The van der Waals surface area contributed by atoms with E-state index >= 15 is 0 Å². The smallest absolute Gasteiger partial charge is 0.300 e. The first-order valence-electron chi connectivity index (χ1n) is 5.89. The van der Waals surface area contributed by atoms with Crippen LogP contribution < -0.4 is 0 Å². The van der Waals surface area contributed by atoms with E-state index in [-0.39, 0.29) is 24.9 Å². The average Bonchev–Trinajstić information content (AvgIpc) is 2.31. The van der Waals surface area contributed by atoms with Crippen molar-refractivity contribution >= 4 is 5.97 Å². The van der Waals surface area contributed by atoms with Crippen LogP contribution >= 0.6 is 0 Å². The van der Waals surface area contributed by atoms with Crippen molar-refractivity contribution in [3.63, 3.8) is 0 Å². The Morgan fingerprint density at radius 3 is 1.83 bits per heavy atom. The quantitative estimate of drug-likeness (QED) is 0.679. The van der Waals surface area contributed by atoms with Crippen LogP contribution in [-0.2, 0) is 19.0 Å². The van der Waals surface area contributed by atoms with E-state index in [0.29, 0.717) is 13.2 Å². The zero-order valence-electron chi connectivity index (χ0n) is 11.9. The highest BCUT2D eigenvalue weighted by molar-refractivity contribution is 5.62. The predicted octanol–water partition coefficient (Wildman–Crippen LogP) is 0.915. The van der Waals surface area contributed by atoms with E-state index in [4.69, 9.17) is 29.2 Å². The molecule has 2 N–H and O–H groups in total. The van der Waals surface area contributed by atoms with Crippen LogP contribution in [0.2, 0.25) is 0 Å². The zero-order valence-corrected chi connectivity index (χ0v) is 11.9. The molecule has 18 heavy (non-hydrogen) atoms. The number of hydrogen-bond donors (Lipinski definition) is 2. The van der Waals surface area contributed by atoms with Gasteiger partial charge in [0, 0.05) is 14.0 Å². The molecule has 0 heterocycles. The lowest BCUT2D eigenvalue weighted by molar-refractivity contribution is -0.134. The Kier molecular flexibility index (Phi) is 13.9. The van der Waals surface area contributed by atoms with Gasteiger partial charge in [0.15, 0.2) is 0 Å². The van der Waals surface area contributed by atoms with Gasteiger partial charge in [0.2, 0.25) is 0 Å². The van der Waals surface area contributed by atoms with Gasteiger partial charge >= 0.3 is 0 Å². The molecule has 0 fully saturated rings. The summed E-state index contributed by atoms with van der Waals surface area (Å²) < 4.78 is 15.8. The standard InChI is InChI=1S/C10H22O4.C2H4O2/c1-8(5-11)13-7-10(3)14-6-9(2)12-4;1-2(3)4/h8-11H,5-7H2,1-4H3;1H3,(H,3,4). The second-order valence-electron chi connectivity index (χ2n) is 4.04. The van der Waals surface area contributed by atoms with Gasteiger partial charge in [-0.3, -0.25) is 4.79 Å². The third kappa shape index (κ3) is 17.7. The van der Waals surface area contributed by atoms with E-state index in [1.165, 1.54) is 0 Å². The Bertz CT molecular complexity index is 179. The first kappa shape index (κ1) is 19.6. The molecule has 0 aliphatic heterocycles. The van der Waals surface area contributed by atoms with Crippen LogP contribution in [-0.4, -0.2) is 61.4 Å². The summed E-state index contributed by atoms with van der Waals surface area (Å²) in [6, 6.07) is 0. The Morgan fingerprint density at radius 1 is 1.06 bits per heavy atom. The molecule has 0 radical (unpaired) electrons. The number of ether oxygens (including phenoxy) is 3. The number of aliphatic carboxylic acids is 1. The van der Waals surface area contributed by atoms with Gasteiger partial charge < -0.3 is 24.4 Å². The molecule has 0 aromatic rings. The number of carboxylic acid groups (broad SMARTS) is 1. The minimum atomic E-state index is -0.833. The van der Waals surface area contributed by atoms with Crippen molar-refractivity contribution < 1.29 is 29.2 Å². The van der Waals surface area contributed by atoms with E-state index in [1.54, 1.807) is 7.11 Å². The topological polar surface area (TPSA) is 85.2 Å². The minimum absolute atomic E-state index is 0.0293. The van der Waals surface area contributed by atoms with Crippen LogP contribution in [0.25, 0.3) is 0 Å². The Balaban J connectivity index is 0. The molecule has 0 aromatic carbocycles. The van der Waals surface area contributed by atoms with Crippen LogP contribution in [0.1, 0.15) is 27.7 Å². The molecule has 0 aliphatic carbocycles. The Labute approximate surface area is 109 Å². The monoisotopic (exact) mass is 266 g/mol. The molecule has 0 aliphatic rings. The molecule has 0 amide bonds. The summed E-state index contributed by atoms with van der Waals surface area (Å²) in [5.74, 6) is -0.833. The molecule has 110 valence electrons. The van der Waals surface area contributed by atoms with Crippen LogP contribution in [0.4, 0.5) is 0 Å². The molecule has 0 saturated heterocycles. The SMILES string of the molecule is CC(=O)O.COC(C)COC(C)COC(C)CO. The number of carboxylic acids is 1. The summed E-state index contributed by atoms with van der Waals surface area (Å²) in [7, 11) is 1.66. The van der Waals surface area contributed by atoms with Crippen molar-refractivity contribution in [3.05, 3.63) is 0 Å². The van der Waals surface area contributed by atoms with Crippen molar-refractivity contribution in [3.8, 4) is 0 Å². The first-order chi connectivity index (χ1) is 8.33. The second-order valence-corrected chi connectivity index (χ2v) is 4.04. The minimum Gasteiger partial charge on any atom is -0.481 e. The van der Waals surface area contributed by atoms with Gasteiger partial charge in [-0.05, 0) is 20.8 Å². The molecule has 0 rings (SSSR count). The summed E-state index contributed by atoms with van der Waals surface area (Å²) in [6.07, 6.45) is 0.00946. The van der Waals surface area contributed by atoms with Crippen molar-refractivity contribution in [1.29, 1.82) is 0 Å². The van der Waals surface area contributed by atoms with Crippen LogP contribution in [0.5, 0.6) is 0 Å². The number of hydrogen-bond acceptors (Lipinski definition) is 5. The van der Waals surface area contributed by atoms with Gasteiger partial charge in [-0.15, -0.1) is 0 Å². The first-order valence-corrected chi connectivity index (χ1v) is 5.89. The fourth-order valence-electron chi connectivity index (χ4n) is 0.768. The highest BCUT2D eigenvalue weighted by Gasteiger charge is 2.07. The lowest BCUT2D eigenvalue weighted by Crippen LogP contribution is -2.25. The Hall–Kier alpha value is -0.690. The van der Waals surface area contributed by atoms with Crippen LogP contribution in [0, 0.1) is 0 Å². The summed E-state index contributed by atoms with van der Waals surface area (Å²) >= 11 is 0. The number of aliphatic hydroxyl groups excluding tert-OH is 1. The highest BCUT2D eigenvalue weighted by atomic mass is 16.6. The summed E-state index contributed by atoms with van der Waals surface area (Å²) in [5.41, 5.74) is 0. The van der Waals surface area contributed by atoms with E-state index in [0.717, 1.165) is 6.92 Å². The van der Waals surface area contributed by atoms with Gasteiger partial charge in [-0.25, -0.2) is 0 Å². The summed E-state index contributed by atoms with van der Waals surface area (Å²) in [4.78, 5) is 9.00.